The Labute approximate surface area is 183 Å². The summed E-state index contributed by atoms with van der Waals surface area (Å²) >= 11 is 0. The van der Waals surface area contributed by atoms with Gasteiger partial charge in [0.25, 0.3) is 0 Å². The van der Waals surface area contributed by atoms with Crippen molar-refractivity contribution in [1.29, 1.82) is 0 Å². The molecule has 164 valence electrons. The van der Waals surface area contributed by atoms with Crippen LogP contribution in [0.15, 0.2) is 76.2 Å². The van der Waals surface area contributed by atoms with Crippen molar-refractivity contribution >= 4 is 34.3 Å². The molecule has 2 N–H and O–H groups in total. The SMILES string of the molecule is CC(C(=O)Nc1cccc(NC(=O)CCCn2c(=O)oc3ccccc32)c1)n1cccn1. The van der Waals surface area contributed by atoms with Crippen molar-refractivity contribution in [3.8, 4) is 0 Å². The van der Waals surface area contributed by atoms with Crippen LogP contribution in [0.2, 0.25) is 0 Å². The van der Waals surface area contributed by atoms with Gasteiger partial charge in [0, 0.05) is 36.7 Å². The number of nitrogens with zero attached hydrogens (tertiary/aromatic N) is 3. The van der Waals surface area contributed by atoms with Gasteiger partial charge in [0.2, 0.25) is 11.8 Å². The predicted octanol–water partition coefficient (Wildman–Crippen LogP) is 3.41. The summed E-state index contributed by atoms with van der Waals surface area (Å²) in [4.78, 5) is 36.8. The number of aryl methyl sites for hydroxylation is 1. The molecule has 0 radical (unpaired) electrons. The Morgan fingerprint density at radius 1 is 1.06 bits per heavy atom. The van der Waals surface area contributed by atoms with E-state index in [1.807, 2.05) is 12.1 Å². The number of oxazole rings is 1. The average Bonchev–Trinajstić information content (AvgIpc) is 3.42. The summed E-state index contributed by atoms with van der Waals surface area (Å²) in [5.74, 6) is -0.825. The summed E-state index contributed by atoms with van der Waals surface area (Å²) in [5.41, 5.74) is 2.39. The number of fused-ring (bicyclic) bond motifs is 1. The molecule has 2 aromatic heterocycles. The van der Waals surface area contributed by atoms with Gasteiger partial charge in [-0.2, -0.15) is 5.10 Å². The monoisotopic (exact) mass is 433 g/mol. The normalized spacial score (nSPS) is 11.9. The highest BCUT2D eigenvalue weighted by Crippen LogP contribution is 2.18. The van der Waals surface area contributed by atoms with Crippen LogP contribution in [-0.2, 0) is 16.1 Å². The summed E-state index contributed by atoms with van der Waals surface area (Å²) < 4.78 is 8.30. The Bertz CT molecular complexity index is 1290. The molecule has 0 aliphatic rings. The maximum Gasteiger partial charge on any atom is 0.419 e. The molecular weight excluding hydrogens is 410 g/mol. The smallest absolute Gasteiger partial charge is 0.408 e. The molecule has 0 saturated heterocycles. The second-order valence-electron chi connectivity index (χ2n) is 7.37. The number of nitrogens with one attached hydrogen (secondary N) is 2. The van der Waals surface area contributed by atoms with Gasteiger partial charge >= 0.3 is 5.76 Å². The number of anilines is 2. The van der Waals surface area contributed by atoms with E-state index >= 15 is 0 Å². The lowest BCUT2D eigenvalue weighted by atomic mass is 10.2. The third-order valence-electron chi connectivity index (χ3n) is 5.07. The minimum atomic E-state index is -0.467. The lowest BCUT2D eigenvalue weighted by molar-refractivity contribution is -0.119. The first-order valence-corrected chi connectivity index (χ1v) is 10.3. The molecule has 4 aromatic rings. The van der Waals surface area contributed by atoms with Crippen LogP contribution in [0.4, 0.5) is 11.4 Å². The van der Waals surface area contributed by atoms with Crippen LogP contribution in [0, 0.1) is 0 Å². The summed E-state index contributed by atoms with van der Waals surface area (Å²) in [5, 5.41) is 9.73. The fraction of sp³-hybridized carbons (Fsp3) is 0.217. The van der Waals surface area contributed by atoms with Crippen LogP contribution >= 0.6 is 0 Å². The third kappa shape index (κ3) is 4.77. The van der Waals surface area contributed by atoms with Gasteiger partial charge in [-0.15, -0.1) is 0 Å². The lowest BCUT2D eigenvalue weighted by Gasteiger charge is -2.13. The van der Waals surface area contributed by atoms with Crippen molar-refractivity contribution in [2.45, 2.75) is 32.4 Å². The number of carbonyl (C=O) groups excluding carboxylic acids is 2. The quantitative estimate of drug-likeness (QED) is 0.442. The van der Waals surface area contributed by atoms with E-state index in [2.05, 4.69) is 15.7 Å². The molecular formula is C23H23N5O4. The number of carbonyl (C=O) groups is 2. The van der Waals surface area contributed by atoms with E-state index in [0.29, 0.717) is 35.4 Å². The van der Waals surface area contributed by atoms with Crippen molar-refractivity contribution in [2.75, 3.05) is 10.6 Å². The molecule has 0 bridgehead atoms. The molecule has 2 amide bonds. The minimum Gasteiger partial charge on any atom is -0.408 e. The molecule has 1 unspecified atom stereocenters. The number of aromatic nitrogens is 3. The van der Waals surface area contributed by atoms with Crippen molar-refractivity contribution in [2.24, 2.45) is 0 Å². The first kappa shape index (κ1) is 21.1. The molecule has 1 atom stereocenters. The van der Waals surface area contributed by atoms with Gasteiger partial charge in [-0.3, -0.25) is 18.8 Å². The van der Waals surface area contributed by atoms with E-state index in [1.54, 1.807) is 66.5 Å². The van der Waals surface area contributed by atoms with Crippen LogP contribution < -0.4 is 16.4 Å². The zero-order valence-corrected chi connectivity index (χ0v) is 17.5. The molecule has 32 heavy (non-hydrogen) atoms. The second-order valence-corrected chi connectivity index (χ2v) is 7.37. The molecule has 9 nitrogen and oxygen atoms in total. The molecule has 0 saturated carbocycles. The lowest BCUT2D eigenvalue weighted by Crippen LogP contribution is -2.24. The zero-order chi connectivity index (χ0) is 22.5. The summed E-state index contributed by atoms with van der Waals surface area (Å²) in [7, 11) is 0. The minimum absolute atomic E-state index is 0.181. The Hall–Kier alpha value is -4.14. The molecule has 0 aliphatic carbocycles. The van der Waals surface area contributed by atoms with Gasteiger partial charge in [-0.05, 0) is 49.7 Å². The van der Waals surface area contributed by atoms with E-state index in [1.165, 1.54) is 4.57 Å². The largest absolute Gasteiger partial charge is 0.419 e. The fourth-order valence-corrected chi connectivity index (χ4v) is 3.40. The number of para-hydroxylation sites is 2. The van der Waals surface area contributed by atoms with Gasteiger partial charge in [0.15, 0.2) is 5.58 Å². The second kappa shape index (κ2) is 9.34. The van der Waals surface area contributed by atoms with E-state index in [4.69, 9.17) is 4.42 Å². The average molecular weight is 433 g/mol. The number of hydrogen-bond donors (Lipinski definition) is 2. The van der Waals surface area contributed by atoms with Crippen LogP contribution in [-0.4, -0.2) is 26.2 Å². The number of hydrogen-bond acceptors (Lipinski definition) is 5. The van der Waals surface area contributed by atoms with Crippen LogP contribution in [0.3, 0.4) is 0 Å². The number of amides is 2. The van der Waals surface area contributed by atoms with Gasteiger partial charge in [0.1, 0.15) is 6.04 Å². The van der Waals surface area contributed by atoms with Crippen LogP contribution in [0.5, 0.6) is 0 Å². The van der Waals surface area contributed by atoms with E-state index in [-0.39, 0.29) is 18.2 Å². The van der Waals surface area contributed by atoms with Gasteiger partial charge in [-0.25, -0.2) is 4.79 Å². The molecule has 0 fully saturated rings. The summed E-state index contributed by atoms with van der Waals surface area (Å²) in [6.07, 6.45) is 4.05. The predicted molar refractivity (Wildman–Crippen MR) is 120 cm³/mol. The van der Waals surface area contributed by atoms with Crippen LogP contribution in [0.25, 0.3) is 11.1 Å². The van der Waals surface area contributed by atoms with Gasteiger partial charge in [-0.1, -0.05) is 18.2 Å². The highest BCUT2D eigenvalue weighted by atomic mass is 16.4. The first-order valence-electron chi connectivity index (χ1n) is 10.3. The van der Waals surface area contributed by atoms with E-state index < -0.39 is 11.8 Å². The highest BCUT2D eigenvalue weighted by Gasteiger charge is 2.15. The van der Waals surface area contributed by atoms with E-state index in [9.17, 15) is 14.4 Å². The Morgan fingerprint density at radius 2 is 1.84 bits per heavy atom. The van der Waals surface area contributed by atoms with Gasteiger partial charge < -0.3 is 15.1 Å². The molecule has 0 spiro atoms. The summed E-state index contributed by atoms with van der Waals surface area (Å²) in [6, 6.07) is 15.4. The third-order valence-corrected chi connectivity index (χ3v) is 5.07. The van der Waals surface area contributed by atoms with Crippen molar-refractivity contribution in [3.63, 3.8) is 0 Å². The zero-order valence-electron chi connectivity index (χ0n) is 17.5. The van der Waals surface area contributed by atoms with E-state index in [0.717, 1.165) is 0 Å². The molecule has 9 heteroatoms. The molecule has 4 rings (SSSR count). The molecule has 2 aromatic carbocycles. The van der Waals surface area contributed by atoms with Crippen molar-refractivity contribution in [1.82, 2.24) is 14.3 Å². The Morgan fingerprint density at radius 3 is 2.62 bits per heavy atom. The molecule has 0 aliphatic heterocycles. The molecule has 2 heterocycles. The standard InChI is InChI=1S/C23H23N5O4/c1-16(28-14-6-12-24-28)22(30)26-18-8-4-7-17(15-18)25-21(29)11-5-13-27-19-9-2-3-10-20(19)32-23(27)31/h2-4,6-10,12,14-16H,5,11,13H2,1H3,(H,25,29)(H,26,30). The van der Waals surface area contributed by atoms with Crippen molar-refractivity contribution < 1.29 is 14.0 Å². The number of benzene rings is 2. The maximum absolute atomic E-state index is 12.4. The fourth-order valence-electron chi connectivity index (χ4n) is 3.40. The Balaban J connectivity index is 1.31. The van der Waals surface area contributed by atoms with Crippen molar-refractivity contribution in [3.05, 3.63) is 77.5 Å². The van der Waals surface area contributed by atoms with Gasteiger partial charge in [0.05, 0.1) is 5.52 Å². The van der Waals surface area contributed by atoms with Crippen LogP contribution in [0.1, 0.15) is 25.8 Å². The summed E-state index contributed by atoms with van der Waals surface area (Å²) in [6.45, 7) is 2.13. The topological polar surface area (TPSA) is 111 Å². The highest BCUT2D eigenvalue weighted by molar-refractivity contribution is 5.95. The first-order chi connectivity index (χ1) is 15.5. The Kier molecular flexibility index (Phi) is 6.16. The maximum atomic E-state index is 12.4. The number of rotatable bonds is 8.